The number of ether oxygens (including phenoxy) is 1. The van der Waals surface area contributed by atoms with E-state index in [9.17, 15) is 13.2 Å². The van der Waals surface area contributed by atoms with Gasteiger partial charge in [-0.2, -0.15) is 13.2 Å². The predicted molar refractivity (Wildman–Crippen MR) is 74.0 cm³/mol. The quantitative estimate of drug-likeness (QED) is 0.849. The van der Waals surface area contributed by atoms with E-state index in [2.05, 4.69) is 5.32 Å². The number of benzene rings is 1. The van der Waals surface area contributed by atoms with Crippen LogP contribution in [0.4, 0.5) is 18.9 Å². The Morgan fingerprint density at radius 3 is 2.45 bits per heavy atom. The molecule has 0 aromatic heterocycles. The zero-order valence-electron chi connectivity index (χ0n) is 12.0. The summed E-state index contributed by atoms with van der Waals surface area (Å²) in [5, 5.41) is 2.96. The molecule has 0 radical (unpaired) electrons. The van der Waals surface area contributed by atoms with E-state index in [1.54, 1.807) is 13.0 Å². The lowest BCUT2D eigenvalue weighted by molar-refractivity contribution is -0.137. The predicted octanol–water partition coefficient (Wildman–Crippen LogP) is 4.71. The van der Waals surface area contributed by atoms with Crippen molar-refractivity contribution < 1.29 is 17.9 Å². The number of halogens is 3. The van der Waals surface area contributed by atoms with Crippen LogP contribution in [0.2, 0.25) is 0 Å². The van der Waals surface area contributed by atoms with E-state index in [1.165, 1.54) is 0 Å². The highest BCUT2D eigenvalue weighted by Gasteiger charge is 2.38. The molecule has 0 saturated carbocycles. The zero-order chi connectivity index (χ0) is 15.1. The van der Waals surface area contributed by atoms with E-state index < -0.39 is 17.3 Å². The first-order valence-electron chi connectivity index (χ1n) is 6.50. The number of anilines is 1. The summed E-state index contributed by atoms with van der Waals surface area (Å²) >= 11 is 0. The van der Waals surface area contributed by atoms with Crippen LogP contribution in [0, 0.1) is 0 Å². The maximum Gasteiger partial charge on any atom is 0.418 e. The van der Waals surface area contributed by atoms with Gasteiger partial charge >= 0.3 is 6.18 Å². The molecule has 1 aromatic carbocycles. The second kappa shape index (κ2) is 4.72. The standard InChI is InChI=1S/C15H18F3NO/c1-5-20-10-6-11-9(2)8-14(3,4)19-13(11)12(7-10)15(16,17)18/h6-8,19H,5H2,1-4H3. The van der Waals surface area contributed by atoms with E-state index >= 15 is 0 Å². The average molecular weight is 285 g/mol. The Bertz CT molecular complexity index is 559. The number of hydrogen-bond donors (Lipinski definition) is 1. The number of alkyl halides is 3. The molecule has 1 aromatic rings. The minimum atomic E-state index is -4.42. The summed E-state index contributed by atoms with van der Waals surface area (Å²) < 4.78 is 45.0. The first kappa shape index (κ1) is 14.8. The maximum absolute atomic E-state index is 13.3. The molecule has 0 aliphatic carbocycles. The third-order valence-electron chi connectivity index (χ3n) is 3.18. The van der Waals surface area contributed by atoms with E-state index in [1.807, 2.05) is 26.8 Å². The highest BCUT2D eigenvalue weighted by molar-refractivity contribution is 5.83. The Balaban J connectivity index is 2.67. The van der Waals surface area contributed by atoms with Gasteiger partial charge in [0.05, 0.1) is 23.4 Å². The molecule has 1 aliphatic heterocycles. The highest BCUT2D eigenvalue weighted by atomic mass is 19.4. The summed E-state index contributed by atoms with van der Waals surface area (Å²) in [6.45, 7) is 7.58. The molecule has 1 heterocycles. The summed E-state index contributed by atoms with van der Waals surface area (Å²) in [6.07, 6.45) is -2.50. The molecular weight excluding hydrogens is 267 g/mol. The lowest BCUT2D eigenvalue weighted by atomic mass is 9.89. The van der Waals surface area contributed by atoms with Gasteiger partial charge in [-0.3, -0.25) is 0 Å². The van der Waals surface area contributed by atoms with Crippen molar-refractivity contribution in [3.63, 3.8) is 0 Å². The average Bonchev–Trinajstić information content (AvgIpc) is 2.27. The molecule has 20 heavy (non-hydrogen) atoms. The van der Waals surface area contributed by atoms with Gasteiger partial charge in [0, 0.05) is 5.56 Å². The molecule has 0 amide bonds. The molecular formula is C15H18F3NO. The number of fused-ring (bicyclic) bond motifs is 1. The second-order valence-electron chi connectivity index (χ2n) is 5.50. The van der Waals surface area contributed by atoms with Crippen molar-refractivity contribution in [3.8, 4) is 5.75 Å². The summed E-state index contributed by atoms with van der Waals surface area (Å²) in [5.41, 5.74) is 0.299. The largest absolute Gasteiger partial charge is 0.494 e. The first-order valence-corrected chi connectivity index (χ1v) is 6.50. The summed E-state index contributed by atoms with van der Waals surface area (Å²) in [7, 11) is 0. The second-order valence-corrected chi connectivity index (χ2v) is 5.50. The zero-order valence-corrected chi connectivity index (χ0v) is 12.0. The Hall–Kier alpha value is -1.65. The smallest absolute Gasteiger partial charge is 0.418 e. The van der Waals surface area contributed by atoms with E-state index in [4.69, 9.17) is 4.74 Å². The van der Waals surface area contributed by atoms with Crippen LogP contribution in [-0.4, -0.2) is 12.1 Å². The molecule has 1 N–H and O–H groups in total. The van der Waals surface area contributed by atoms with Gasteiger partial charge in [-0.15, -0.1) is 0 Å². The lowest BCUT2D eigenvalue weighted by Crippen LogP contribution is -2.33. The Kier molecular flexibility index (Phi) is 3.48. The number of hydrogen-bond acceptors (Lipinski definition) is 2. The summed E-state index contributed by atoms with van der Waals surface area (Å²) in [5.74, 6) is 0.243. The fourth-order valence-electron chi connectivity index (χ4n) is 2.51. The van der Waals surface area contributed by atoms with Crippen molar-refractivity contribution in [2.75, 3.05) is 11.9 Å². The van der Waals surface area contributed by atoms with Gasteiger partial charge in [-0.05, 0) is 45.4 Å². The van der Waals surface area contributed by atoms with Crippen LogP contribution in [0.25, 0.3) is 5.57 Å². The maximum atomic E-state index is 13.3. The topological polar surface area (TPSA) is 21.3 Å². The number of nitrogens with one attached hydrogen (secondary N) is 1. The molecule has 5 heteroatoms. The summed E-state index contributed by atoms with van der Waals surface area (Å²) in [4.78, 5) is 0. The molecule has 0 atom stereocenters. The fourth-order valence-corrected chi connectivity index (χ4v) is 2.51. The Morgan fingerprint density at radius 1 is 1.25 bits per heavy atom. The fraction of sp³-hybridized carbons (Fsp3) is 0.467. The lowest BCUT2D eigenvalue weighted by Gasteiger charge is -2.33. The van der Waals surface area contributed by atoms with E-state index in [-0.39, 0.29) is 11.4 Å². The van der Waals surface area contributed by atoms with Crippen LogP contribution in [-0.2, 0) is 6.18 Å². The summed E-state index contributed by atoms with van der Waals surface area (Å²) in [6, 6.07) is 2.71. The highest BCUT2D eigenvalue weighted by Crippen LogP contribution is 2.44. The minimum absolute atomic E-state index is 0.131. The molecule has 1 aliphatic rings. The molecule has 2 rings (SSSR count). The van der Waals surface area contributed by atoms with Crippen molar-refractivity contribution >= 4 is 11.3 Å². The minimum Gasteiger partial charge on any atom is -0.494 e. The van der Waals surface area contributed by atoms with Gasteiger partial charge in [-0.1, -0.05) is 6.08 Å². The van der Waals surface area contributed by atoms with E-state index in [0.29, 0.717) is 12.2 Å². The third kappa shape index (κ3) is 2.76. The Labute approximate surface area is 116 Å². The van der Waals surface area contributed by atoms with Gasteiger partial charge in [0.2, 0.25) is 0 Å². The SMILES string of the molecule is CCOc1cc2c(c(C(F)(F)F)c1)NC(C)(C)C=C2C. The molecule has 110 valence electrons. The number of allylic oxidation sites excluding steroid dienone is 1. The van der Waals surface area contributed by atoms with Crippen molar-refractivity contribution in [1.29, 1.82) is 0 Å². The normalized spacial score (nSPS) is 17.1. The molecule has 0 saturated heterocycles. The first-order chi connectivity index (χ1) is 9.14. The number of rotatable bonds is 2. The molecule has 0 bridgehead atoms. The van der Waals surface area contributed by atoms with Crippen molar-refractivity contribution in [3.05, 3.63) is 29.3 Å². The van der Waals surface area contributed by atoms with Gasteiger partial charge in [-0.25, -0.2) is 0 Å². The molecule has 0 unspecified atom stereocenters. The van der Waals surface area contributed by atoms with Crippen LogP contribution in [0.15, 0.2) is 18.2 Å². The van der Waals surface area contributed by atoms with Crippen LogP contribution < -0.4 is 10.1 Å². The van der Waals surface area contributed by atoms with Crippen molar-refractivity contribution in [1.82, 2.24) is 0 Å². The van der Waals surface area contributed by atoms with Gasteiger partial charge in [0.1, 0.15) is 5.75 Å². The molecule has 2 nitrogen and oxygen atoms in total. The third-order valence-corrected chi connectivity index (χ3v) is 3.18. The van der Waals surface area contributed by atoms with Gasteiger partial charge < -0.3 is 10.1 Å². The van der Waals surface area contributed by atoms with Crippen LogP contribution in [0.1, 0.15) is 38.8 Å². The van der Waals surface area contributed by atoms with E-state index in [0.717, 1.165) is 11.6 Å². The Morgan fingerprint density at radius 2 is 1.90 bits per heavy atom. The van der Waals surface area contributed by atoms with Crippen LogP contribution >= 0.6 is 0 Å². The monoisotopic (exact) mass is 285 g/mol. The molecule has 0 spiro atoms. The van der Waals surface area contributed by atoms with Gasteiger partial charge in [0.25, 0.3) is 0 Å². The van der Waals surface area contributed by atoms with Crippen molar-refractivity contribution in [2.45, 2.75) is 39.4 Å². The molecule has 0 fully saturated rings. The van der Waals surface area contributed by atoms with Gasteiger partial charge in [0.15, 0.2) is 0 Å². The van der Waals surface area contributed by atoms with Crippen molar-refractivity contribution in [2.24, 2.45) is 0 Å². The van der Waals surface area contributed by atoms with Crippen LogP contribution in [0.5, 0.6) is 5.75 Å². The van der Waals surface area contributed by atoms with Crippen LogP contribution in [0.3, 0.4) is 0 Å².